The van der Waals surface area contributed by atoms with E-state index in [9.17, 15) is 4.89 Å². The van der Waals surface area contributed by atoms with E-state index in [2.05, 4.69) is 5.92 Å². The van der Waals surface area contributed by atoms with Crippen LogP contribution in [0.25, 0.3) is 0 Å². The van der Waals surface area contributed by atoms with Crippen LogP contribution >= 0.6 is 7.72 Å². The van der Waals surface area contributed by atoms with Crippen LogP contribution in [-0.4, -0.2) is 17.2 Å². The fourth-order valence-electron chi connectivity index (χ4n) is 0.800. The molecular formula is C7H10O2P+. The Hall–Kier alpha value is -0.350. The molecule has 1 aliphatic heterocycles. The van der Waals surface area contributed by atoms with E-state index in [1.165, 1.54) is 0 Å². The van der Waals surface area contributed by atoms with Gasteiger partial charge in [-0.05, 0) is 6.92 Å². The highest BCUT2D eigenvalue weighted by molar-refractivity contribution is 7.68. The lowest BCUT2D eigenvalue weighted by Crippen LogP contribution is -2.18. The quantitative estimate of drug-likeness (QED) is 0.425. The SMILES string of the molecule is C#CC1(C)C=C[P+](C)(O)O1. The molecule has 0 aromatic carbocycles. The van der Waals surface area contributed by atoms with E-state index in [1.807, 2.05) is 0 Å². The zero-order valence-electron chi connectivity index (χ0n) is 6.03. The van der Waals surface area contributed by atoms with E-state index in [-0.39, 0.29) is 0 Å². The Morgan fingerprint density at radius 1 is 1.80 bits per heavy atom. The highest BCUT2D eigenvalue weighted by Crippen LogP contribution is 2.60. The topological polar surface area (TPSA) is 29.5 Å². The lowest BCUT2D eigenvalue weighted by molar-refractivity contribution is 0.208. The van der Waals surface area contributed by atoms with Crippen LogP contribution < -0.4 is 0 Å². The third-order valence-electron chi connectivity index (χ3n) is 1.33. The first-order chi connectivity index (χ1) is 4.47. The Balaban J connectivity index is 2.81. The van der Waals surface area contributed by atoms with Crippen LogP contribution in [0.1, 0.15) is 6.92 Å². The Morgan fingerprint density at radius 3 is 2.60 bits per heavy atom. The van der Waals surface area contributed by atoms with Gasteiger partial charge in [-0.15, -0.1) is 6.42 Å². The highest BCUT2D eigenvalue weighted by atomic mass is 31.2. The van der Waals surface area contributed by atoms with Crippen molar-refractivity contribution in [1.29, 1.82) is 0 Å². The summed E-state index contributed by atoms with van der Waals surface area (Å²) in [4.78, 5) is 9.37. The van der Waals surface area contributed by atoms with Crippen LogP contribution in [-0.2, 0) is 4.52 Å². The number of terminal acetylenes is 1. The lowest BCUT2D eigenvalue weighted by atomic mass is 10.1. The molecule has 0 radical (unpaired) electrons. The first kappa shape index (κ1) is 7.75. The number of rotatable bonds is 0. The molecule has 0 aromatic rings. The molecule has 2 unspecified atom stereocenters. The smallest absolute Gasteiger partial charge is 0.215 e. The summed E-state index contributed by atoms with van der Waals surface area (Å²) in [5.74, 6) is 4.11. The second kappa shape index (κ2) is 2.07. The first-order valence-corrected chi connectivity index (χ1v) is 5.13. The van der Waals surface area contributed by atoms with Gasteiger partial charge >= 0.3 is 0 Å². The van der Waals surface area contributed by atoms with Crippen molar-refractivity contribution in [2.24, 2.45) is 0 Å². The second-order valence-electron chi connectivity index (χ2n) is 2.60. The Bertz CT molecular complexity index is 214. The van der Waals surface area contributed by atoms with Crippen molar-refractivity contribution in [2.75, 3.05) is 6.66 Å². The molecule has 2 atom stereocenters. The van der Waals surface area contributed by atoms with Gasteiger partial charge in [0, 0.05) is 6.08 Å². The number of hydrogen-bond donors (Lipinski definition) is 1. The first-order valence-electron chi connectivity index (χ1n) is 2.95. The molecule has 0 saturated carbocycles. The average Bonchev–Trinajstić information content (AvgIpc) is 2.08. The normalized spacial score (nSPS) is 45.4. The predicted octanol–water partition coefficient (Wildman–Crippen LogP) is 1.39. The van der Waals surface area contributed by atoms with Gasteiger partial charge in [-0.2, -0.15) is 4.52 Å². The minimum atomic E-state index is -2.25. The minimum Gasteiger partial charge on any atom is -0.215 e. The second-order valence-corrected chi connectivity index (χ2v) is 4.97. The van der Waals surface area contributed by atoms with Crippen molar-refractivity contribution in [3.63, 3.8) is 0 Å². The largest absolute Gasteiger partial charge is 0.296 e. The highest BCUT2D eigenvalue weighted by Gasteiger charge is 2.44. The fourth-order valence-corrected chi connectivity index (χ4v) is 2.30. The Labute approximate surface area is 61.4 Å². The van der Waals surface area contributed by atoms with Gasteiger partial charge < -0.3 is 0 Å². The summed E-state index contributed by atoms with van der Waals surface area (Å²) in [6.45, 7) is 3.41. The summed E-state index contributed by atoms with van der Waals surface area (Å²) in [5.41, 5.74) is -0.683. The maximum atomic E-state index is 9.37. The predicted molar refractivity (Wildman–Crippen MR) is 42.5 cm³/mol. The van der Waals surface area contributed by atoms with Gasteiger partial charge in [0.15, 0.2) is 5.60 Å². The average molecular weight is 157 g/mol. The van der Waals surface area contributed by atoms with Gasteiger partial charge in [0.2, 0.25) is 0 Å². The molecule has 54 valence electrons. The van der Waals surface area contributed by atoms with Gasteiger partial charge in [0.25, 0.3) is 7.72 Å². The van der Waals surface area contributed by atoms with Crippen molar-refractivity contribution in [1.82, 2.24) is 0 Å². The molecule has 0 spiro atoms. The van der Waals surface area contributed by atoms with E-state index in [4.69, 9.17) is 10.9 Å². The van der Waals surface area contributed by atoms with Gasteiger partial charge in [-0.1, -0.05) is 5.92 Å². The third-order valence-corrected chi connectivity index (χ3v) is 2.78. The monoisotopic (exact) mass is 157 g/mol. The van der Waals surface area contributed by atoms with Crippen LogP contribution in [0.4, 0.5) is 0 Å². The van der Waals surface area contributed by atoms with Gasteiger partial charge in [-0.3, -0.25) is 0 Å². The molecular weight excluding hydrogens is 147 g/mol. The molecule has 2 nitrogen and oxygen atoms in total. The van der Waals surface area contributed by atoms with Crippen molar-refractivity contribution < 1.29 is 9.42 Å². The van der Waals surface area contributed by atoms with E-state index >= 15 is 0 Å². The summed E-state index contributed by atoms with van der Waals surface area (Å²) in [6.07, 6.45) is 6.89. The van der Waals surface area contributed by atoms with Crippen molar-refractivity contribution >= 4 is 7.72 Å². The molecule has 1 aliphatic rings. The maximum Gasteiger partial charge on any atom is 0.296 e. The molecule has 10 heavy (non-hydrogen) atoms. The molecule has 0 amide bonds. The maximum absolute atomic E-state index is 9.37. The molecule has 0 saturated heterocycles. The van der Waals surface area contributed by atoms with Gasteiger partial charge in [-0.25, -0.2) is 4.89 Å². The third kappa shape index (κ3) is 1.38. The molecule has 3 heteroatoms. The van der Waals surface area contributed by atoms with E-state index in [0.29, 0.717) is 0 Å². The summed E-state index contributed by atoms with van der Waals surface area (Å²) in [5, 5.41) is 0. The van der Waals surface area contributed by atoms with Gasteiger partial charge in [0.05, 0.1) is 0 Å². The molecule has 1 heterocycles. The summed E-state index contributed by atoms with van der Waals surface area (Å²) in [6, 6.07) is 0. The van der Waals surface area contributed by atoms with E-state index in [0.717, 1.165) is 0 Å². The van der Waals surface area contributed by atoms with E-state index < -0.39 is 13.3 Å². The molecule has 1 N–H and O–H groups in total. The lowest BCUT2D eigenvalue weighted by Gasteiger charge is -2.12. The summed E-state index contributed by atoms with van der Waals surface area (Å²) >= 11 is 0. The summed E-state index contributed by atoms with van der Waals surface area (Å²) in [7, 11) is -2.25. The molecule has 0 aromatic heterocycles. The van der Waals surface area contributed by atoms with E-state index in [1.54, 1.807) is 25.5 Å². The van der Waals surface area contributed by atoms with Crippen LogP contribution in [0.15, 0.2) is 11.9 Å². The van der Waals surface area contributed by atoms with Crippen LogP contribution in [0.2, 0.25) is 0 Å². The molecule has 0 bridgehead atoms. The molecule has 0 aliphatic carbocycles. The zero-order valence-corrected chi connectivity index (χ0v) is 6.93. The zero-order chi connectivity index (χ0) is 7.83. The van der Waals surface area contributed by atoms with Crippen LogP contribution in [0.3, 0.4) is 0 Å². The van der Waals surface area contributed by atoms with Crippen molar-refractivity contribution in [2.45, 2.75) is 12.5 Å². The summed E-state index contributed by atoms with van der Waals surface area (Å²) < 4.78 is 5.20. The Kier molecular flexibility index (Phi) is 1.60. The molecule has 1 rings (SSSR count). The number of hydrogen-bond acceptors (Lipinski definition) is 2. The van der Waals surface area contributed by atoms with Crippen LogP contribution in [0.5, 0.6) is 0 Å². The Morgan fingerprint density at radius 2 is 2.40 bits per heavy atom. The standard InChI is InChI=1S/C7H10O2P/c1-4-7(2)5-6-10(3,8)9-7/h1,5-6,8H,2-3H3/q+1. The fraction of sp³-hybridized carbons (Fsp3) is 0.429. The van der Waals surface area contributed by atoms with Crippen molar-refractivity contribution in [3.05, 3.63) is 11.9 Å². The van der Waals surface area contributed by atoms with Gasteiger partial charge in [0.1, 0.15) is 12.5 Å². The van der Waals surface area contributed by atoms with Crippen LogP contribution in [0, 0.1) is 12.3 Å². The minimum absolute atomic E-state index is 0.683. The van der Waals surface area contributed by atoms with Crippen molar-refractivity contribution in [3.8, 4) is 12.3 Å². The molecule has 0 fully saturated rings.